The summed E-state index contributed by atoms with van der Waals surface area (Å²) < 4.78 is 5.46. The molecule has 28 heavy (non-hydrogen) atoms. The summed E-state index contributed by atoms with van der Waals surface area (Å²) in [6.45, 7) is 6.85. The standard InChI is InChI=1S/C23H28N4O/c1-3-19(4-2-17(1)18-5-8-24-9-6-18)23-21-15-20(26-22(21)7-10-25-23)16-27-11-13-28-14-12-27/h1-4,7,10,15,18,24,26H,5-6,8-9,11-14,16H2. The molecule has 5 nitrogen and oxygen atoms in total. The van der Waals surface area contributed by atoms with E-state index in [1.165, 1.54) is 35.0 Å². The Morgan fingerprint density at radius 1 is 1.04 bits per heavy atom. The SMILES string of the molecule is c1cc2[nH]c(CN3CCOCC3)cc2c(-c2ccc(C3CCNCC3)cc2)n1. The zero-order valence-corrected chi connectivity index (χ0v) is 16.3. The first kappa shape index (κ1) is 17.9. The number of H-pyrrole nitrogens is 1. The fourth-order valence-corrected chi connectivity index (χ4v) is 4.50. The summed E-state index contributed by atoms with van der Waals surface area (Å²) in [4.78, 5) is 10.7. The lowest BCUT2D eigenvalue weighted by atomic mass is 9.89. The average molecular weight is 377 g/mol. The van der Waals surface area contributed by atoms with Crippen LogP contribution in [0.2, 0.25) is 0 Å². The lowest BCUT2D eigenvalue weighted by molar-refractivity contribution is 0.0337. The maximum absolute atomic E-state index is 5.46. The Kier molecular flexibility index (Phi) is 5.12. The molecule has 2 fully saturated rings. The van der Waals surface area contributed by atoms with Crippen molar-refractivity contribution in [2.45, 2.75) is 25.3 Å². The monoisotopic (exact) mass is 376 g/mol. The number of ether oxygens (including phenoxy) is 1. The predicted octanol–water partition coefficient (Wildman–Crippen LogP) is 3.53. The van der Waals surface area contributed by atoms with Gasteiger partial charge in [-0.25, -0.2) is 0 Å². The number of pyridine rings is 1. The molecular formula is C23H28N4O. The second-order valence-corrected chi connectivity index (χ2v) is 7.95. The van der Waals surface area contributed by atoms with Crippen LogP contribution in [-0.2, 0) is 11.3 Å². The van der Waals surface area contributed by atoms with Crippen LogP contribution in [0.1, 0.15) is 30.0 Å². The second kappa shape index (κ2) is 8.03. The van der Waals surface area contributed by atoms with Crippen LogP contribution in [0.3, 0.4) is 0 Å². The number of nitrogens with one attached hydrogen (secondary N) is 2. The second-order valence-electron chi connectivity index (χ2n) is 7.95. The third-order valence-electron chi connectivity index (χ3n) is 6.10. The van der Waals surface area contributed by atoms with Gasteiger partial charge in [-0.1, -0.05) is 24.3 Å². The molecule has 0 bridgehead atoms. The molecule has 5 rings (SSSR count). The normalized spacial score (nSPS) is 19.3. The minimum Gasteiger partial charge on any atom is -0.379 e. The van der Waals surface area contributed by atoms with Gasteiger partial charge < -0.3 is 15.0 Å². The van der Waals surface area contributed by atoms with Crippen molar-refractivity contribution in [3.05, 3.63) is 53.9 Å². The summed E-state index contributed by atoms with van der Waals surface area (Å²) in [6.07, 6.45) is 4.37. The van der Waals surface area contributed by atoms with Crippen molar-refractivity contribution in [1.82, 2.24) is 20.2 Å². The lowest BCUT2D eigenvalue weighted by Gasteiger charge is -2.25. The Bertz CT molecular complexity index is 921. The smallest absolute Gasteiger partial charge is 0.0795 e. The fraction of sp³-hybridized carbons (Fsp3) is 0.435. The van der Waals surface area contributed by atoms with Gasteiger partial charge in [-0.2, -0.15) is 0 Å². The first-order chi connectivity index (χ1) is 13.9. The van der Waals surface area contributed by atoms with Crippen molar-refractivity contribution in [1.29, 1.82) is 0 Å². The van der Waals surface area contributed by atoms with Crippen molar-refractivity contribution < 1.29 is 4.74 Å². The molecule has 2 aliphatic heterocycles. The maximum Gasteiger partial charge on any atom is 0.0795 e. The first-order valence-corrected chi connectivity index (χ1v) is 10.4. The van der Waals surface area contributed by atoms with Crippen LogP contribution >= 0.6 is 0 Å². The molecule has 0 unspecified atom stereocenters. The summed E-state index contributed by atoms with van der Waals surface area (Å²) in [5.41, 5.74) is 6.13. The van der Waals surface area contributed by atoms with Crippen molar-refractivity contribution in [3.63, 3.8) is 0 Å². The number of rotatable bonds is 4. The first-order valence-electron chi connectivity index (χ1n) is 10.4. The van der Waals surface area contributed by atoms with Crippen molar-refractivity contribution in [3.8, 4) is 11.3 Å². The van der Waals surface area contributed by atoms with Gasteiger partial charge in [0.15, 0.2) is 0 Å². The summed E-state index contributed by atoms with van der Waals surface area (Å²) in [5.74, 6) is 0.687. The number of hydrogen-bond acceptors (Lipinski definition) is 4. The molecule has 3 aromatic rings. The van der Waals surface area contributed by atoms with Gasteiger partial charge in [0.1, 0.15) is 0 Å². The molecule has 146 valence electrons. The molecular weight excluding hydrogens is 348 g/mol. The largest absolute Gasteiger partial charge is 0.379 e. The van der Waals surface area contributed by atoms with Gasteiger partial charge in [0.2, 0.25) is 0 Å². The molecule has 2 saturated heterocycles. The van der Waals surface area contributed by atoms with Gasteiger partial charge in [0.05, 0.1) is 18.9 Å². The highest BCUT2D eigenvalue weighted by Gasteiger charge is 2.16. The number of piperidine rings is 1. The number of benzene rings is 1. The van der Waals surface area contributed by atoms with Crippen LogP contribution in [0, 0.1) is 0 Å². The highest BCUT2D eigenvalue weighted by molar-refractivity contribution is 5.93. The quantitative estimate of drug-likeness (QED) is 0.731. The number of aromatic nitrogens is 2. The number of aromatic amines is 1. The summed E-state index contributed by atoms with van der Waals surface area (Å²) in [5, 5.41) is 4.66. The van der Waals surface area contributed by atoms with Gasteiger partial charge in [-0.3, -0.25) is 9.88 Å². The van der Waals surface area contributed by atoms with Gasteiger partial charge >= 0.3 is 0 Å². The van der Waals surface area contributed by atoms with Gasteiger partial charge in [0, 0.05) is 48.0 Å². The van der Waals surface area contributed by atoms with E-state index in [1.54, 1.807) is 0 Å². The van der Waals surface area contributed by atoms with Gasteiger partial charge in [-0.15, -0.1) is 0 Å². The lowest BCUT2D eigenvalue weighted by Crippen LogP contribution is -2.35. The van der Waals surface area contributed by atoms with E-state index in [0.29, 0.717) is 5.92 Å². The zero-order valence-electron chi connectivity index (χ0n) is 16.3. The molecule has 0 aliphatic carbocycles. The number of hydrogen-bond donors (Lipinski definition) is 2. The minimum absolute atomic E-state index is 0.687. The topological polar surface area (TPSA) is 53.2 Å². The summed E-state index contributed by atoms with van der Waals surface area (Å²) in [7, 11) is 0. The minimum atomic E-state index is 0.687. The van der Waals surface area contributed by atoms with E-state index in [0.717, 1.165) is 57.1 Å². The van der Waals surface area contributed by atoms with Crippen molar-refractivity contribution >= 4 is 10.9 Å². The molecule has 2 aliphatic rings. The molecule has 0 atom stereocenters. The molecule has 2 N–H and O–H groups in total. The molecule has 1 aromatic carbocycles. The highest BCUT2D eigenvalue weighted by atomic mass is 16.5. The van der Waals surface area contributed by atoms with Gasteiger partial charge in [0.25, 0.3) is 0 Å². The van der Waals surface area contributed by atoms with E-state index in [2.05, 4.69) is 51.6 Å². The fourth-order valence-electron chi connectivity index (χ4n) is 4.50. The molecule has 0 amide bonds. The van der Waals surface area contributed by atoms with E-state index in [1.807, 2.05) is 6.20 Å². The van der Waals surface area contributed by atoms with Crippen LogP contribution in [0.25, 0.3) is 22.2 Å². The van der Waals surface area contributed by atoms with Crippen LogP contribution in [0.4, 0.5) is 0 Å². The zero-order chi connectivity index (χ0) is 18.8. The van der Waals surface area contributed by atoms with Crippen LogP contribution in [0.15, 0.2) is 42.6 Å². The Morgan fingerprint density at radius 2 is 1.82 bits per heavy atom. The maximum atomic E-state index is 5.46. The van der Waals surface area contributed by atoms with E-state index in [-0.39, 0.29) is 0 Å². The summed E-state index contributed by atoms with van der Waals surface area (Å²) >= 11 is 0. The van der Waals surface area contributed by atoms with Crippen LogP contribution in [0.5, 0.6) is 0 Å². The van der Waals surface area contributed by atoms with Crippen molar-refractivity contribution in [2.75, 3.05) is 39.4 Å². The molecule has 4 heterocycles. The third-order valence-corrected chi connectivity index (χ3v) is 6.10. The number of fused-ring (bicyclic) bond motifs is 1. The highest BCUT2D eigenvalue weighted by Crippen LogP contribution is 2.31. The Balaban J connectivity index is 1.40. The van der Waals surface area contributed by atoms with E-state index >= 15 is 0 Å². The number of nitrogens with zero attached hydrogens (tertiary/aromatic N) is 2. The number of morpholine rings is 1. The van der Waals surface area contributed by atoms with E-state index in [4.69, 9.17) is 9.72 Å². The molecule has 0 spiro atoms. The summed E-state index contributed by atoms with van der Waals surface area (Å²) in [6, 6.07) is 13.4. The van der Waals surface area contributed by atoms with Crippen LogP contribution < -0.4 is 5.32 Å². The predicted molar refractivity (Wildman–Crippen MR) is 112 cm³/mol. The van der Waals surface area contributed by atoms with Gasteiger partial charge in [-0.05, 0) is 49.5 Å². The molecule has 2 aromatic heterocycles. The molecule has 0 radical (unpaired) electrons. The Labute approximate surface area is 166 Å². The third kappa shape index (κ3) is 3.70. The van der Waals surface area contributed by atoms with E-state index in [9.17, 15) is 0 Å². The Morgan fingerprint density at radius 3 is 2.61 bits per heavy atom. The Hall–Kier alpha value is -2.21. The van der Waals surface area contributed by atoms with E-state index < -0.39 is 0 Å². The average Bonchev–Trinajstić information content (AvgIpc) is 3.18. The molecule has 0 saturated carbocycles. The molecule has 5 heteroatoms. The van der Waals surface area contributed by atoms with Crippen LogP contribution in [-0.4, -0.2) is 54.3 Å². The van der Waals surface area contributed by atoms with Crippen molar-refractivity contribution in [2.24, 2.45) is 0 Å².